The van der Waals surface area contributed by atoms with Crippen molar-refractivity contribution in [1.29, 1.82) is 0 Å². The van der Waals surface area contributed by atoms with Crippen molar-refractivity contribution in [2.45, 2.75) is 38.8 Å². The van der Waals surface area contributed by atoms with Crippen molar-refractivity contribution in [1.82, 2.24) is 5.32 Å². The molecular formula is C40H31NO9. The minimum Gasteiger partial charge on any atom is -0.444 e. The van der Waals surface area contributed by atoms with E-state index in [1.54, 1.807) is 81.4 Å². The van der Waals surface area contributed by atoms with E-state index in [0.29, 0.717) is 11.1 Å². The number of alkyl carbamates (subject to hydrolysis) is 1. The monoisotopic (exact) mass is 669 g/mol. The van der Waals surface area contributed by atoms with Crippen LogP contribution >= 0.6 is 0 Å². The van der Waals surface area contributed by atoms with E-state index in [1.807, 2.05) is 0 Å². The second-order valence-electron chi connectivity index (χ2n) is 13.2. The molecule has 3 atom stereocenters. The van der Waals surface area contributed by atoms with Crippen LogP contribution in [0.3, 0.4) is 0 Å². The third kappa shape index (κ3) is 6.35. The van der Waals surface area contributed by atoms with Gasteiger partial charge in [-0.3, -0.25) is 33.6 Å². The average Bonchev–Trinajstić information content (AvgIpc) is 3.49. The molecule has 0 saturated carbocycles. The first kappa shape index (κ1) is 33.7. The summed E-state index contributed by atoms with van der Waals surface area (Å²) in [5.41, 5.74) is -0.0512. The van der Waals surface area contributed by atoms with Gasteiger partial charge < -0.3 is 10.1 Å². The molecule has 250 valence electrons. The number of Topliss-reactive ketones (excluding diaryl/α,β-unsaturated/α-hetero) is 6. The highest BCUT2D eigenvalue weighted by molar-refractivity contribution is 6.37. The van der Waals surface area contributed by atoms with Gasteiger partial charge in [0.1, 0.15) is 23.5 Å². The molecule has 1 amide bonds. The Hall–Kier alpha value is -6.16. The van der Waals surface area contributed by atoms with Gasteiger partial charge in [-0.15, -0.1) is 0 Å². The Balaban J connectivity index is 1.24. The van der Waals surface area contributed by atoms with Gasteiger partial charge in [-0.05, 0) is 56.2 Å². The van der Waals surface area contributed by atoms with E-state index in [-0.39, 0.29) is 39.8 Å². The molecule has 50 heavy (non-hydrogen) atoms. The highest BCUT2D eigenvalue weighted by Gasteiger charge is 2.47. The molecule has 0 fully saturated rings. The molecule has 2 aliphatic carbocycles. The summed E-state index contributed by atoms with van der Waals surface area (Å²) >= 11 is 0. The number of amides is 1. The van der Waals surface area contributed by atoms with Gasteiger partial charge in [0.2, 0.25) is 0 Å². The third-order valence-corrected chi connectivity index (χ3v) is 8.58. The molecule has 0 aliphatic heterocycles. The van der Waals surface area contributed by atoms with Crippen molar-refractivity contribution in [2.24, 2.45) is 11.8 Å². The van der Waals surface area contributed by atoms with Gasteiger partial charge in [-0.25, -0.2) is 4.79 Å². The van der Waals surface area contributed by atoms with Crippen molar-refractivity contribution < 1.29 is 43.1 Å². The van der Waals surface area contributed by atoms with Crippen LogP contribution in [0, 0.1) is 11.8 Å². The number of ether oxygens (including phenoxy) is 1. The molecule has 6 rings (SSSR count). The average molecular weight is 670 g/mol. The predicted octanol–water partition coefficient (Wildman–Crippen LogP) is 5.55. The number of nitrogens with one attached hydrogen (secondary N) is 1. The molecule has 0 heterocycles. The quantitative estimate of drug-likeness (QED) is 0.178. The molecule has 3 unspecified atom stereocenters. The molecule has 4 aromatic carbocycles. The van der Waals surface area contributed by atoms with Crippen molar-refractivity contribution in [3.8, 4) is 0 Å². The summed E-state index contributed by atoms with van der Waals surface area (Å²) in [5, 5.41) is 2.49. The molecule has 1 N–H and O–H groups in total. The van der Waals surface area contributed by atoms with Crippen LogP contribution in [0.5, 0.6) is 0 Å². The van der Waals surface area contributed by atoms with Crippen LogP contribution in [0.25, 0.3) is 0 Å². The predicted molar refractivity (Wildman–Crippen MR) is 179 cm³/mol. The van der Waals surface area contributed by atoms with Crippen molar-refractivity contribution in [3.63, 3.8) is 0 Å². The number of carbonyl (C=O) groups is 8. The number of hydrogen-bond acceptors (Lipinski definition) is 9. The molecule has 4 aromatic rings. The number of ketones is 7. The number of carbonyl (C=O) groups excluding carboxylic acids is 8. The Morgan fingerprint density at radius 2 is 1.12 bits per heavy atom. The van der Waals surface area contributed by atoms with Crippen LogP contribution in [0.15, 0.2) is 97.1 Å². The number of rotatable bonds is 9. The summed E-state index contributed by atoms with van der Waals surface area (Å²) in [6.07, 6.45) is -1.01. The number of hydrogen-bond donors (Lipinski definition) is 1. The Morgan fingerprint density at radius 1 is 0.640 bits per heavy atom. The van der Waals surface area contributed by atoms with Crippen LogP contribution < -0.4 is 5.32 Å². The first-order valence-electron chi connectivity index (χ1n) is 15.9. The largest absolute Gasteiger partial charge is 0.444 e. The fourth-order valence-electron chi connectivity index (χ4n) is 6.24. The lowest BCUT2D eigenvalue weighted by molar-refractivity contribution is -0.122. The zero-order chi connectivity index (χ0) is 35.9. The molecule has 0 saturated heterocycles. The second-order valence-corrected chi connectivity index (χ2v) is 13.2. The van der Waals surface area contributed by atoms with Crippen molar-refractivity contribution in [3.05, 3.63) is 142 Å². The van der Waals surface area contributed by atoms with Crippen LogP contribution in [-0.2, 0) is 20.7 Å². The fraction of sp³-hybridized carbons (Fsp3) is 0.200. The topological polar surface area (TPSA) is 158 Å². The molecule has 2 aliphatic rings. The summed E-state index contributed by atoms with van der Waals surface area (Å²) in [6.45, 7) is 4.95. The summed E-state index contributed by atoms with van der Waals surface area (Å²) in [4.78, 5) is 107. The van der Waals surface area contributed by atoms with Crippen molar-refractivity contribution in [2.75, 3.05) is 0 Å². The van der Waals surface area contributed by atoms with Gasteiger partial charge in [0.25, 0.3) is 0 Å². The lowest BCUT2D eigenvalue weighted by atomic mass is 9.89. The van der Waals surface area contributed by atoms with E-state index < -0.39 is 70.1 Å². The van der Waals surface area contributed by atoms with Gasteiger partial charge in [0.15, 0.2) is 40.5 Å². The van der Waals surface area contributed by atoms with E-state index in [1.165, 1.54) is 36.4 Å². The van der Waals surface area contributed by atoms with Crippen LogP contribution in [0.4, 0.5) is 4.79 Å². The van der Waals surface area contributed by atoms with Crippen LogP contribution in [0.1, 0.15) is 95.3 Å². The van der Waals surface area contributed by atoms with Gasteiger partial charge >= 0.3 is 6.09 Å². The van der Waals surface area contributed by atoms with E-state index >= 15 is 0 Å². The lowest BCUT2D eigenvalue weighted by Crippen LogP contribution is -2.42. The highest BCUT2D eigenvalue weighted by Crippen LogP contribution is 2.34. The Kier molecular flexibility index (Phi) is 8.80. The molecule has 0 spiro atoms. The second kappa shape index (κ2) is 13.0. The fourth-order valence-corrected chi connectivity index (χ4v) is 6.24. The first-order valence-corrected chi connectivity index (χ1v) is 15.9. The Morgan fingerprint density at radius 3 is 1.66 bits per heavy atom. The van der Waals surface area contributed by atoms with E-state index in [0.717, 1.165) is 0 Å². The normalized spacial score (nSPS) is 17.2. The smallest absolute Gasteiger partial charge is 0.408 e. The molecule has 10 nitrogen and oxygen atoms in total. The van der Waals surface area contributed by atoms with Gasteiger partial charge in [0.05, 0.1) is 0 Å². The summed E-state index contributed by atoms with van der Waals surface area (Å²) in [6, 6.07) is 23.3. The maximum Gasteiger partial charge on any atom is 0.408 e. The number of fused-ring (bicyclic) bond motifs is 2. The molecule has 0 aromatic heterocycles. The molecule has 0 radical (unpaired) electrons. The molecule has 10 heteroatoms. The third-order valence-electron chi connectivity index (χ3n) is 8.58. The first-order chi connectivity index (χ1) is 23.7. The van der Waals surface area contributed by atoms with Crippen molar-refractivity contribution >= 4 is 46.6 Å². The maximum atomic E-state index is 13.9. The van der Waals surface area contributed by atoms with E-state index in [2.05, 4.69) is 5.32 Å². The van der Waals surface area contributed by atoms with Gasteiger partial charge in [-0.2, -0.15) is 0 Å². The Bertz CT molecular complexity index is 2130. The van der Waals surface area contributed by atoms with Gasteiger partial charge in [-0.1, -0.05) is 72.8 Å². The standard InChI is InChI=1S/C40H31NO9/c1-40(2,3)50-39(49)41-32(22-12-8-5-9-13-22)38(48)31-35(45)26-17-15-24(20-28(26)37(31)47)33(43)23-14-16-25-27(19-23)36(46)30(34(25)44)29(42)18-21-10-6-4-7-11-21/h4-17,19-20,30-32H,18H2,1-3H3,(H,41,49). The molecular weight excluding hydrogens is 638 g/mol. The van der Waals surface area contributed by atoms with E-state index in [9.17, 15) is 38.4 Å². The summed E-state index contributed by atoms with van der Waals surface area (Å²) in [5.74, 6) is -8.21. The van der Waals surface area contributed by atoms with Crippen LogP contribution in [-0.4, -0.2) is 52.2 Å². The SMILES string of the molecule is CC(C)(C)OC(=O)NC(C(=O)C1C(=O)c2ccc(C(=O)c3ccc4c(c3)C(=O)C(C(=O)Cc3ccccc3)C4=O)cc2C1=O)c1ccccc1. The Labute approximate surface area is 286 Å². The van der Waals surface area contributed by atoms with E-state index in [4.69, 9.17) is 4.74 Å². The maximum absolute atomic E-state index is 13.9. The minimum atomic E-state index is -1.77. The van der Waals surface area contributed by atoms with Gasteiger partial charge in [0, 0.05) is 39.8 Å². The minimum absolute atomic E-state index is 0.00193. The lowest BCUT2D eigenvalue weighted by Gasteiger charge is -2.24. The summed E-state index contributed by atoms with van der Waals surface area (Å²) < 4.78 is 5.32. The zero-order valence-electron chi connectivity index (χ0n) is 27.4. The number of benzene rings is 4. The van der Waals surface area contributed by atoms with Crippen LogP contribution in [0.2, 0.25) is 0 Å². The summed E-state index contributed by atoms with van der Waals surface area (Å²) in [7, 11) is 0. The highest BCUT2D eigenvalue weighted by atomic mass is 16.6. The zero-order valence-corrected chi connectivity index (χ0v) is 27.4. The molecule has 0 bridgehead atoms.